The van der Waals surface area contributed by atoms with Gasteiger partial charge in [-0.25, -0.2) is 13.3 Å². The van der Waals surface area contributed by atoms with Gasteiger partial charge in [0.25, 0.3) is 0 Å². The first kappa shape index (κ1) is 22.4. The third-order valence-corrected chi connectivity index (χ3v) is 10.7. The molecule has 2 atom stereocenters. The van der Waals surface area contributed by atoms with E-state index in [1.807, 2.05) is 27.7 Å². The summed E-state index contributed by atoms with van der Waals surface area (Å²) in [5, 5.41) is 0.0410. The van der Waals surface area contributed by atoms with Crippen LogP contribution in [0.5, 0.6) is 0 Å². The van der Waals surface area contributed by atoms with Crippen LogP contribution in [-0.4, -0.2) is 28.9 Å². The van der Waals surface area contributed by atoms with Gasteiger partial charge >= 0.3 is 0 Å². The van der Waals surface area contributed by atoms with Crippen molar-refractivity contribution in [2.24, 2.45) is 0 Å². The van der Waals surface area contributed by atoms with Crippen LogP contribution in [0.2, 0.25) is 18.1 Å². The molecule has 4 nitrogen and oxygen atoms in total. The molecule has 0 aromatic carbocycles. The van der Waals surface area contributed by atoms with Gasteiger partial charge in [-0.3, -0.25) is 4.98 Å². The maximum absolute atomic E-state index is 14.4. The maximum atomic E-state index is 14.4. The number of pyridine rings is 1. The molecule has 0 fully saturated rings. The van der Waals surface area contributed by atoms with Gasteiger partial charge < -0.3 is 4.43 Å². The molecule has 0 saturated heterocycles. The predicted molar refractivity (Wildman–Crippen MR) is 106 cm³/mol. The zero-order valence-corrected chi connectivity index (χ0v) is 18.8. The Balaban J connectivity index is 3.12. The molecule has 144 valence electrons. The number of nitrogens with zero attached hydrogens (tertiary/aromatic N) is 1. The number of aromatic nitrogens is 1. The van der Waals surface area contributed by atoms with Crippen LogP contribution in [0.25, 0.3) is 0 Å². The summed E-state index contributed by atoms with van der Waals surface area (Å²) < 4.78 is 35.8. The summed E-state index contributed by atoms with van der Waals surface area (Å²) in [4.78, 5) is 4.33. The van der Waals surface area contributed by atoms with Gasteiger partial charge in [-0.1, -0.05) is 20.8 Å². The minimum atomic E-state index is -2.02. The summed E-state index contributed by atoms with van der Waals surface area (Å²) in [5.74, 6) is -0.409. The Labute approximate surface area is 155 Å². The number of aryl methyl sites for hydroxylation is 1. The molecule has 0 aliphatic carbocycles. The second-order valence-electron chi connectivity index (χ2n) is 8.94. The molecule has 0 saturated carbocycles. The van der Waals surface area contributed by atoms with Crippen molar-refractivity contribution in [3.05, 3.63) is 29.3 Å². The van der Waals surface area contributed by atoms with Crippen LogP contribution < -0.4 is 4.72 Å². The number of nitrogens with one attached hydrogen (secondary N) is 1. The van der Waals surface area contributed by atoms with Crippen molar-refractivity contribution >= 4 is 19.3 Å². The quantitative estimate of drug-likeness (QED) is 0.722. The number of rotatable bonds is 6. The number of hydrogen-bond donors (Lipinski definition) is 1. The van der Waals surface area contributed by atoms with E-state index in [-0.39, 0.29) is 17.3 Å². The van der Waals surface area contributed by atoms with Crippen LogP contribution in [0.1, 0.15) is 59.0 Å². The van der Waals surface area contributed by atoms with Gasteiger partial charge in [0.2, 0.25) is 0 Å². The lowest BCUT2D eigenvalue weighted by atomic mass is 10.2. The fraction of sp³-hybridized carbons (Fsp3) is 0.722. The van der Waals surface area contributed by atoms with Crippen LogP contribution in [0.4, 0.5) is 4.39 Å². The van der Waals surface area contributed by atoms with Crippen LogP contribution in [0.15, 0.2) is 12.1 Å². The Kier molecular flexibility index (Phi) is 7.12. The summed E-state index contributed by atoms with van der Waals surface area (Å²) in [6.07, 6.45) is 0. The smallest absolute Gasteiger partial charge is 0.192 e. The average molecular weight is 389 g/mol. The van der Waals surface area contributed by atoms with E-state index < -0.39 is 35.9 Å². The fourth-order valence-corrected chi connectivity index (χ4v) is 3.60. The lowest BCUT2D eigenvalue weighted by Gasteiger charge is -2.37. The van der Waals surface area contributed by atoms with Crippen molar-refractivity contribution < 1.29 is 13.0 Å². The number of hydrogen-bond acceptors (Lipinski definition) is 3. The molecule has 7 heteroatoms. The van der Waals surface area contributed by atoms with Crippen LogP contribution in [-0.2, 0) is 15.4 Å². The molecule has 1 aromatic rings. The third-order valence-electron chi connectivity index (χ3n) is 4.56. The van der Waals surface area contributed by atoms with E-state index in [2.05, 4.69) is 43.6 Å². The van der Waals surface area contributed by atoms with Gasteiger partial charge in [0.15, 0.2) is 8.32 Å². The van der Waals surface area contributed by atoms with E-state index in [0.29, 0.717) is 0 Å². The second-order valence-corrected chi connectivity index (χ2v) is 15.7. The Hall–Kier alpha value is -0.633. The Morgan fingerprint density at radius 3 is 2.28 bits per heavy atom. The van der Waals surface area contributed by atoms with Crippen molar-refractivity contribution in [2.45, 2.75) is 77.4 Å². The highest BCUT2D eigenvalue weighted by Crippen LogP contribution is 2.37. The van der Waals surface area contributed by atoms with E-state index in [4.69, 9.17) is 4.43 Å². The van der Waals surface area contributed by atoms with Gasteiger partial charge in [0, 0.05) is 5.69 Å². The van der Waals surface area contributed by atoms with E-state index in [1.165, 1.54) is 6.07 Å². The molecule has 25 heavy (non-hydrogen) atoms. The van der Waals surface area contributed by atoms with E-state index >= 15 is 0 Å². The summed E-state index contributed by atoms with van der Waals surface area (Å²) in [6, 6.07) is 2.47. The highest BCUT2D eigenvalue weighted by Gasteiger charge is 2.38. The first-order valence-electron chi connectivity index (χ1n) is 8.60. The van der Waals surface area contributed by atoms with Crippen molar-refractivity contribution in [1.82, 2.24) is 9.71 Å². The normalized spacial score (nSPS) is 15.9. The van der Waals surface area contributed by atoms with Crippen LogP contribution in [0, 0.1) is 12.7 Å². The highest BCUT2D eigenvalue weighted by atomic mass is 32.2. The molecule has 1 heterocycles. The standard InChI is InChI=1S/C18H33FN2O2SSi/c1-13-10-11-14(19)16(20-13)15(21-24(22)17(2,3)4)12-23-25(8,9)18(5,6)7/h10-11,15,21H,12H2,1-9H3/t15-,24+/m1/s1. The minimum Gasteiger partial charge on any atom is -0.415 e. The SMILES string of the molecule is Cc1ccc(F)c([C@@H](CO[Si](C)(C)C(C)(C)C)N[S@@](=O)C(C)(C)C)n1. The van der Waals surface area contributed by atoms with Crippen molar-refractivity contribution in [1.29, 1.82) is 0 Å². The molecule has 0 spiro atoms. The van der Waals surface area contributed by atoms with Crippen LogP contribution >= 0.6 is 0 Å². The van der Waals surface area contributed by atoms with Gasteiger partial charge in [-0.2, -0.15) is 0 Å². The molecular formula is C18H33FN2O2SSi. The predicted octanol–water partition coefficient (Wildman–Crippen LogP) is 4.64. The van der Waals surface area contributed by atoms with Crippen molar-refractivity contribution in [2.75, 3.05) is 6.61 Å². The minimum absolute atomic E-state index is 0.0410. The van der Waals surface area contributed by atoms with Gasteiger partial charge in [-0.15, -0.1) is 0 Å². The van der Waals surface area contributed by atoms with E-state index in [1.54, 1.807) is 6.07 Å². The largest absolute Gasteiger partial charge is 0.415 e. The summed E-state index contributed by atoms with van der Waals surface area (Å²) in [7, 11) is -3.37. The molecular weight excluding hydrogens is 355 g/mol. The monoisotopic (exact) mass is 388 g/mol. The molecule has 0 aliphatic heterocycles. The average Bonchev–Trinajstić information content (AvgIpc) is 2.43. The topological polar surface area (TPSA) is 51.2 Å². The van der Waals surface area contributed by atoms with Crippen LogP contribution in [0.3, 0.4) is 0 Å². The van der Waals surface area contributed by atoms with Gasteiger partial charge in [-0.05, 0) is 58.0 Å². The zero-order valence-electron chi connectivity index (χ0n) is 17.0. The Morgan fingerprint density at radius 1 is 1.24 bits per heavy atom. The summed E-state index contributed by atoms with van der Waals surface area (Å²) in [5.41, 5.74) is 0.980. The molecule has 0 unspecified atom stereocenters. The Morgan fingerprint density at radius 2 is 1.80 bits per heavy atom. The maximum Gasteiger partial charge on any atom is 0.192 e. The molecule has 0 aliphatic rings. The second kappa shape index (κ2) is 7.94. The molecule has 0 amide bonds. The fourth-order valence-electron chi connectivity index (χ4n) is 1.79. The summed E-state index contributed by atoms with van der Waals surface area (Å²) in [6.45, 7) is 18.4. The van der Waals surface area contributed by atoms with Crippen molar-refractivity contribution in [3.63, 3.8) is 0 Å². The third kappa shape index (κ3) is 6.23. The number of halogens is 1. The van der Waals surface area contributed by atoms with Crippen molar-refractivity contribution in [3.8, 4) is 0 Å². The molecule has 0 radical (unpaired) electrons. The lowest BCUT2D eigenvalue weighted by molar-refractivity contribution is 0.252. The molecule has 1 N–H and O–H groups in total. The molecule has 0 bridgehead atoms. The summed E-state index contributed by atoms with van der Waals surface area (Å²) >= 11 is 0. The lowest BCUT2D eigenvalue weighted by Crippen LogP contribution is -2.44. The Bertz CT molecular complexity index is 624. The first-order chi connectivity index (χ1) is 11.1. The molecule has 1 aromatic heterocycles. The first-order valence-corrected chi connectivity index (χ1v) is 12.7. The van der Waals surface area contributed by atoms with Gasteiger partial charge in [0.05, 0.1) is 34.1 Å². The highest BCUT2D eigenvalue weighted by molar-refractivity contribution is 7.84. The van der Waals surface area contributed by atoms with E-state index in [9.17, 15) is 8.60 Å². The zero-order chi connectivity index (χ0) is 19.6. The van der Waals surface area contributed by atoms with Gasteiger partial charge in [0.1, 0.15) is 5.82 Å². The molecule has 1 rings (SSSR count). The van der Waals surface area contributed by atoms with E-state index in [0.717, 1.165) is 5.69 Å².